The third kappa shape index (κ3) is 8.53. The molecule has 0 spiro atoms. The molecular formula is C16H27Cl2N3O2. The molecule has 7 heteroatoms. The van der Waals surface area contributed by atoms with Gasteiger partial charge in [-0.3, -0.25) is 9.69 Å². The molecule has 1 aliphatic heterocycles. The van der Waals surface area contributed by atoms with E-state index in [-0.39, 0.29) is 36.8 Å². The minimum absolute atomic E-state index is 0. The quantitative estimate of drug-likeness (QED) is 0.721. The lowest BCUT2D eigenvalue weighted by atomic mass is 10.1. The van der Waals surface area contributed by atoms with Gasteiger partial charge in [0.05, 0.1) is 19.1 Å². The summed E-state index contributed by atoms with van der Waals surface area (Å²) < 4.78 is 5.70. The normalized spacial score (nSPS) is 17.7. The average Bonchev–Trinajstić information content (AvgIpc) is 2.49. The number of halogens is 2. The van der Waals surface area contributed by atoms with E-state index in [1.165, 1.54) is 5.56 Å². The molecule has 132 valence electrons. The summed E-state index contributed by atoms with van der Waals surface area (Å²) in [4.78, 5) is 14.1. The van der Waals surface area contributed by atoms with Crippen molar-refractivity contribution in [3.8, 4) is 0 Å². The molecule has 1 aliphatic rings. The Morgan fingerprint density at radius 2 is 2.04 bits per heavy atom. The highest BCUT2D eigenvalue weighted by Gasteiger charge is 2.22. The third-order valence-electron chi connectivity index (χ3n) is 3.59. The fourth-order valence-electron chi connectivity index (χ4n) is 2.50. The van der Waals surface area contributed by atoms with Gasteiger partial charge in [-0.15, -0.1) is 24.8 Å². The Bertz CT molecular complexity index is 435. The van der Waals surface area contributed by atoms with E-state index in [4.69, 9.17) is 10.5 Å². The maximum Gasteiger partial charge on any atom is 0.222 e. The maximum absolute atomic E-state index is 11.8. The number of rotatable bonds is 7. The largest absolute Gasteiger partial charge is 0.375 e. The van der Waals surface area contributed by atoms with Crippen molar-refractivity contribution in [2.24, 2.45) is 5.73 Å². The van der Waals surface area contributed by atoms with Crippen LogP contribution in [0.1, 0.15) is 18.4 Å². The summed E-state index contributed by atoms with van der Waals surface area (Å²) in [6, 6.07) is 10.4. The van der Waals surface area contributed by atoms with E-state index in [0.717, 1.165) is 26.1 Å². The molecule has 5 nitrogen and oxygen atoms in total. The zero-order chi connectivity index (χ0) is 14.9. The van der Waals surface area contributed by atoms with Crippen LogP contribution in [0.5, 0.6) is 0 Å². The Balaban J connectivity index is 0.00000242. The second-order valence-electron chi connectivity index (χ2n) is 5.41. The summed E-state index contributed by atoms with van der Waals surface area (Å²) in [5, 5.41) is 2.88. The first-order valence-corrected chi connectivity index (χ1v) is 7.62. The van der Waals surface area contributed by atoms with E-state index in [1.807, 2.05) is 6.07 Å². The van der Waals surface area contributed by atoms with Crippen LogP contribution in [0.15, 0.2) is 30.3 Å². The fourth-order valence-corrected chi connectivity index (χ4v) is 2.50. The first kappa shape index (κ1) is 22.1. The van der Waals surface area contributed by atoms with Crippen LogP contribution >= 0.6 is 24.8 Å². The van der Waals surface area contributed by atoms with Gasteiger partial charge in [-0.1, -0.05) is 30.3 Å². The van der Waals surface area contributed by atoms with E-state index >= 15 is 0 Å². The van der Waals surface area contributed by atoms with Crippen LogP contribution < -0.4 is 11.1 Å². The molecule has 3 N–H and O–H groups in total. The average molecular weight is 364 g/mol. The molecule has 2 rings (SSSR count). The van der Waals surface area contributed by atoms with Crippen LogP contribution in [0.2, 0.25) is 0 Å². The number of amides is 1. The minimum Gasteiger partial charge on any atom is -0.375 e. The summed E-state index contributed by atoms with van der Waals surface area (Å²) in [7, 11) is 0. The lowest BCUT2D eigenvalue weighted by Gasteiger charge is -2.32. The molecule has 23 heavy (non-hydrogen) atoms. The van der Waals surface area contributed by atoms with E-state index in [1.54, 1.807) is 0 Å². The van der Waals surface area contributed by atoms with Crippen molar-refractivity contribution < 1.29 is 9.53 Å². The molecule has 1 amide bonds. The first-order valence-electron chi connectivity index (χ1n) is 7.62. The molecule has 0 aliphatic carbocycles. The standard InChI is InChI=1S/C16H25N3O2.2ClH/c17-7-4-8-18-16(20)11-15-13-19(9-10-21-15)12-14-5-2-1-3-6-14;;/h1-3,5-6,15H,4,7-13,17H2,(H,18,20);2*1H. The summed E-state index contributed by atoms with van der Waals surface area (Å²) in [5.41, 5.74) is 6.70. The number of hydrogen-bond donors (Lipinski definition) is 2. The second-order valence-corrected chi connectivity index (χ2v) is 5.41. The SMILES string of the molecule is Cl.Cl.NCCCNC(=O)CC1CN(Cc2ccccc2)CCO1. The van der Waals surface area contributed by atoms with Gasteiger partial charge in [-0.2, -0.15) is 0 Å². The topological polar surface area (TPSA) is 67.6 Å². The Morgan fingerprint density at radius 3 is 2.74 bits per heavy atom. The van der Waals surface area contributed by atoms with Crippen LogP contribution in [0.3, 0.4) is 0 Å². The monoisotopic (exact) mass is 363 g/mol. The van der Waals surface area contributed by atoms with Crippen molar-refractivity contribution in [3.05, 3.63) is 35.9 Å². The van der Waals surface area contributed by atoms with Crippen molar-refractivity contribution in [2.75, 3.05) is 32.8 Å². The van der Waals surface area contributed by atoms with Gasteiger partial charge in [-0.05, 0) is 18.5 Å². The van der Waals surface area contributed by atoms with Crippen LogP contribution in [0.25, 0.3) is 0 Å². The van der Waals surface area contributed by atoms with E-state index in [0.29, 0.717) is 26.1 Å². The van der Waals surface area contributed by atoms with E-state index < -0.39 is 0 Å². The van der Waals surface area contributed by atoms with Crippen molar-refractivity contribution in [1.29, 1.82) is 0 Å². The molecule has 1 atom stereocenters. The Hall–Kier alpha value is -0.850. The van der Waals surface area contributed by atoms with Gasteiger partial charge in [0.25, 0.3) is 0 Å². The minimum atomic E-state index is -0.0136. The molecule has 0 aromatic heterocycles. The van der Waals surface area contributed by atoms with Gasteiger partial charge in [0.1, 0.15) is 0 Å². The zero-order valence-corrected chi connectivity index (χ0v) is 14.9. The van der Waals surface area contributed by atoms with Crippen LogP contribution in [0, 0.1) is 0 Å². The van der Waals surface area contributed by atoms with Crippen LogP contribution in [-0.4, -0.2) is 49.7 Å². The van der Waals surface area contributed by atoms with Crippen molar-refractivity contribution in [1.82, 2.24) is 10.2 Å². The zero-order valence-electron chi connectivity index (χ0n) is 13.3. The summed E-state index contributed by atoms with van der Waals surface area (Å²) >= 11 is 0. The summed E-state index contributed by atoms with van der Waals surface area (Å²) in [6.45, 7) is 4.57. The van der Waals surface area contributed by atoms with Gasteiger partial charge >= 0.3 is 0 Å². The number of carbonyl (C=O) groups is 1. The Morgan fingerprint density at radius 1 is 1.30 bits per heavy atom. The Kier molecular flexibility index (Phi) is 12.1. The molecule has 1 unspecified atom stereocenters. The number of morpholine rings is 1. The number of hydrogen-bond acceptors (Lipinski definition) is 4. The molecule has 1 aromatic carbocycles. The molecule has 1 aromatic rings. The van der Waals surface area contributed by atoms with Gasteiger partial charge in [-0.25, -0.2) is 0 Å². The molecule has 1 heterocycles. The fraction of sp³-hybridized carbons (Fsp3) is 0.562. The predicted molar refractivity (Wildman–Crippen MR) is 97.3 cm³/mol. The number of nitrogens with one attached hydrogen (secondary N) is 1. The summed E-state index contributed by atoms with van der Waals surface area (Å²) in [6.07, 6.45) is 1.23. The maximum atomic E-state index is 11.8. The molecule has 1 fully saturated rings. The number of nitrogens with two attached hydrogens (primary N) is 1. The molecule has 1 saturated heterocycles. The van der Waals surface area contributed by atoms with Gasteiger partial charge in [0.15, 0.2) is 0 Å². The molecular weight excluding hydrogens is 337 g/mol. The van der Waals surface area contributed by atoms with Crippen molar-refractivity contribution >= 4 is 30.7 Å². The van der Waals surface area contributed by atoms with Gasteiger partial charge in [0.2, 0.25) is 5.91 Å². The number of ether oxygens (including phenoxy) is 1. The highest BCUT2D eigenvalue weighted by atomic mass is 35.5. The number of nitrogens with zero attached hydrogens (tertiary/aromatic N) is 1. The predicted octanol–water partition coefficient (Wildman–Crippen LogP) is 1.59. The lowest BCUT2D eigenvalue weighted by Crippen LogP contribution is -2.44. The van der Waals surface area contributed by atoms with Crippen LogP contribution in [-0.2, 0) is 16.1 Å². The first-order chi connectivity index (χ1) is 10.3. The highest BCUT2D eigenvalue weighted by molar-refractivity contribution is 5.85. The highest BCUT2D eigenvalue weighted by Crippen LogP contribution is 2.12. The number of benzene rings is 1. The van der Waals surface area contributed by atoms with Crippen molar-refractivity contribution in [2.45, 2.75) is 25.5 Å². The van der Waals surface area contributed by atoms with Gasteiger partial charge in [0, 0.05) is 26.2 Å². The molecule has 0 saturated carbocycles. The second kappa shape index (κ2) is 12.6. The van der Waals surface area contributed by atoms with Crippen LogP contribution in [0.4, 0.5) is 0 Å². The van der Waals surface area contributed by atoms with Crippen molar-refractivity contribution in [3.63, 3.8) is 0 Å². The number of carbonyl (C=O) groups excluding carboxylic acids is 1. The molecule has 0 radical (unpaired) electrons. The Labute approximate surface area is 150 Å². The van der Waals surface area contributed by atoms with Gasteiger partial charge < -0.3 is 15.8 Å². The molecule has 0 bridgehead atoms. The third-order valence-corrected chi connectivity index (χ3v) is 3.59. The lowest BCUT2D eigenvalue weighted by molar-refractivity contribution is -0.126. The van der Waals surface area contributed by atoms with E-state index in [9.17, 15) is 4.79 Å². The van der Waals surface area contributed by atoms with E-state index in [2.05, 4.69) is 34.5 Å². The summed E-state index contributed by atoms with van der Waals surface area (Å²) in [5.74, 6) is 0.0509. The smallest absolute Gasteiger partial charge is 0.222 e.